The topological polar surface area (TPSA) is 87.9 Å². The number of nitrogens with one attached hydrogen (secondary N) is 1. The van der Waals surface area contributed by atoms with E-state index in [0.717, 1.165) is 0 Å². The molecule has 0 bridgehead atoms. The Labute approximate surface area is 162 Å². The molecule has 2 amide bonds. The van der Waals surface area contributed by atoms with Gasteiger partial charge in [-0.1, -0.05) is 5.16 Å². The summed E-state index contributed by atoms with van der Waals surface area (Å²) >= 11 is 0. The monoisotopic (exact) mass is 390 g/mol. The van der Waals surface area contributed by atoms with E-state index in [2.05, 4.69) is 10.5 Å². The molecule has 28 heavy (non-hydrogen) atoms. The van der Waals surface area contributed by atoms with E-state index in [1.54, 1.807) is 30.9 Å². The van der Waals surface area contributed by atoms with E-state index >= 15 is 0 Å². The molecule has 9 heteroatoms. The van der Waals surface area contributed by atoms with Crippen LogP contribution in [0.25, 0.3) is 11.3 Å². The molecule has 0 spiro atoms. The van der Waals surface area contributed by atoms with E-state index in [-0.39, 0.29) is 34.8 Å². The SMILES string of the molecule is CNC(=O)C1CCN(C(=O)c2c(N(C)C)noc2-c2ccc(F)c(OC)c2)C1. The molecule has 8 nitrogen and oxygen atoms in total. The Hall–Kier alpha value is -3.10. The van der Waals surface area contributed by atoms with E-state index < -0.39 is 5.82 Å². The van der Waals surface area contributed by atoms with Crippen molar-refractivity contribution < 1.29 is 23.2 Å². The molecular formula is C19H23FN4O4. The summed E-state index contributed by atoms with van der Waals surface area (Å²) in [6.45, 7) is 0.782. The molecule has 2 heterocycles. The molecule has 1 N–H and O–H groups in total. The van der Waals surface area contributed by atoms with Crippen LogP contribution in [-0.2, 0) is 4.79 Å². The van der Waals surface area contributed by atoms with Crippen LogP contribution >= 0.6 is 0 Å². The maximum Gasteiger partial charge on any atom is 0.261 e. The van der Waals surface area contributed by atoms with E-state index in [4.69, 9.17) is 9.26 Å². The van der Waals surface area contributed by atoms with Gasteiger partial charge in [0.05, 0.1) is 13.0 Å². The van der Waals surface area contributed by atoms with Crippen molar-refractivity contribution in [2.24, 2.45) is 5.92 Å². The van der Waals surface area contributed by atoms with Gasteiger partial charge in [-0.2, -0.15) is 0 Å². The van der Waals surface area contributed by atoms with Crippen LogP contribution in [0.1, 0.15) is 16.8 Å². The number of rotatable bonds is 5. The third kappa shape index (κ3) is 3.51. The Balaban J connectivity index is 1.99. The fourth-order valence-electron chi connectivity index (χ4n) is 3.30. The van der Waals surface area contributed by atoms with Gasteiger partial charge in [-0.05, 0) is 24.6 Å². The van der Waals surface area contributed by atoms with Gasteiger partial charge >= 0.3 is 0 Å². The van der Waals surface area contributed by atoms with Crippen molar-refractivity contribution in [1.29, 1.82) is 0 Å². The summed E-state index contributed by atoms with van der Waals surface area (Å²) < 4.78 is 24.3. The van der Waals surface area contributed by atoms with Crippen molar-refractivity contribution in [2.75, 3.05) is 46.2 Å². The number of aromatic nitrogens is 1. The minimum absolute atomic E-state index is 0.0413. The molecule has 1 fully saturated rings. The molecule has 2 aromatic rings. The number of likely N-dealkylation sites (tertiary alicyclic amines) is 1. The number of nitrogens with zero attached hydrogens (tertiary/aromatic N) is 3. The van der Waals surface area contributed by atoms with Crippen molar-refractivity contribution in [1.82, 2.24) is 15.4 Å². The number of benzene rings is 1. The van der Waals surface area contributed by atoms with Gasteiger partial charge in [0.1, 0.15) is 5.56 Å². The molecule has 1 unspecified atom stereocenters. The van der Waals surface area contributed by atoms with Crippen molar-refractivity contribution in [3.05, 3.63) is 29.6 Å². The van der Waals surface area contributed by atoms with Crippen LogP contribution in [0.2, 0.25) is 0 Å². The molecule has 150 valence electrons. The predicted molar refractivity (Wildman–Crippen MR) is 101 cm³/mol. The minimum atomic E-state index is -0.514. The van der Waals surface area contributed by atoms with Gasteiger partial charge in [0.25, 0.3) is 5.91 Å². The second-order valence-corrected chi connectivity index (χ2v) is 6.81. The summed E-state index contributed by atoms with van der Waals surface area (Å²) in [6, 6.07) is 4.22. The zero-order valence-electron chi connectivity index (χ0n) is 16.3. The van der Waals surface area contributed by atoms with Crippen molar-refractivity contribution in [3.8, 4) is 17.1 Å². The molecular weight excluding hydrogens is 367 g/mol. The van der Waals surface area contributed by atoms with Gasteiger partial charge < -0.3 is 24.4 Å². The molecule has 0 radical (unpaired) electrons. The van der Waals surface area contributed by atoms with Gasteiger partial charge in [-0.3, -0.25) is 9.59 Å². The lowest BCUT2D eigenvalue weighted by Crippen LogP contribution is -2.33. The Morgan fingerprint density at radius 2 is 2.14 bits per heavy atom. The van der Waals surface area contributed by atoms with E-state index in [1.807, 2.05) is 0 Å². The lowest BCUT2D eigenvalue weighted by molar-refractivity contribution is -0.124. The fourth-order valence-corrected chi connectivity index (χ4v) is 3.30. The van der Waals surface area contributed by atoms with E-state index in [1.165, 1.54) is 25.3 Å². The standard InChI is InChI=1S/C19H23FN4O4/c1-21-18(25)12-7-8-24(10-12)19(26)15-16(28-22-17(15)23(2)3)11-5-6-13(20)14(9-11)27-4/h5-6,9,12H,7-8,10H2,1-4H3,(H,21,25). The molecule has 1 aliphatic heterocycles. The average molecular weight is 390 g/mol. The first-order chi connectivity index (χ1) is 13.4. The van der Waals surface area contributed by atoms with Crippen LogP contribution in [0, 0.1) is 11.7 Å². The Morgan fingerprint density at radius 3 is 2.79 bits per heavy atom. The maximum atomic E-state index is 13.8. The highest BCUT2D eigenvalue weighted by atomic mass is 19.1. The third-order valence-electron chi connectivity index (χ3n) is 4.82. The summed E-state index contributed by atoms with van der Waals surface area (Å²) in [4.78, 5) is 28.5. The summed E-state index contributed by atoms with van der Waals surface area (Å²) in [6.07, 6.45) is 0.591. The van der Waals surface area contributed by atoms with Crippen LogP contribution in [0.5, 0.6) is 5.75 Å². The second kappa shape index (κ2) is 7.87. The minimum Gasteiger partial charge on any atom is -0.494 e. The zero-order valence-corrected chi connectivity index (χ0v) is 16.3. The first-order valence-electron chi connectivity index (χ1n) is 8.89. The largest absolute Gasteiger partial charge is 0.494 e. The van der Waals surface area contributed by atoms with Gasteiger partial charge in [-0.15, -0.1) is 0 Å². The van der Waals surface area contributed by atoms with Crippen LogP contribution in [0.4, 0.5) is 10.2 Å². The van der Waals surface area contributed by atoms with Gasteiger partial charge in [-0.25, -0.2) is 4.39 Å². The number of methoxy groups -OCH3 is 1. The van der Waals surface area contributed by atoms with Crippen LogP contribution < -0.4 is 15.0 Å². The molecule has 1 aromatic heterocycles. The predicted octanol–water partition coefficient (Wildman–Crippen LogP) is 1.76. The fraction of sp³-hybridized carbons (Fsp3) is 0.421. The molecule has 1 atom stereocenters. The zero-order chi connectivity index (χ0) is 20.4. The quantitative estimate of drug-likeness (QED) is 0.837. The summed E-state index contributed by atoms with van der Waals surface area (Å²) in [7, 11) is 6.45. The third-order valence-corrected chi connectivity index (χ3v) is 4.82. The number of ether oxygens (including phenoxy) is 1. The molecule has 0 saturated carbocycles. The number of hydrogen-bond donors (Lipinski definition) is 1. The normalized spacial score (nSPS) is 16.2. The molecule has 1 aromatic carbocycles. The Morgan fingerprint density at radius 1 is 1.39 bits per heavy atom. The number of amides is 2. The molecule has 0 aliphatic carbocycles. The smallest absolute Gasteiger partial charge is 0.261 e. The van der Waals surface area contributed by atoms with Gasteiger partial charge in [0, 0.05) is 39.8 Å². The average Bonchev–Trinajstić information content (AvgIpc) is 3.35. The number of hydrogen-bond acceptors (Lipinski definition) is 6. The highest BCUT2D eigenvalue weighted by Gasteiger charge is 2.35. The van der Waals surface area contributed by atoms with Crippen LogP contribution in [0.3, 0.4) is 0 Å². The lowest BCUT2D eigenvalue weighted by atomic mass is 10.1. The van der Waals surface area contributed by atoms with Crippen molar-refractivity contribution in [3.63, 3.8) is 0 Å². The second-order valence-electron chi connectivity index (χ2n) is 6.81. The molecule has 3 rings (SSSR count). The first kappa shape index (κ1) is 19.7. The number of halogens is 1. The Bertz CT molecular complexity index is 896. The van der Waals surface area contributed by atoms with Crippen molar-refractivity contribution >= 4 is 17.6 Å². The number of anilines is 1. The summed E-state index contributed by atoms with van der Waals surface area (Å²) in [5.74, 6) is -0.487. The summed E-state index contributed by atoms with van der Waals surface area (Å²) in [5.41, 5.74) is 0.750. The van der Waals surface area contributed by atoms with Crippen LogP contribution in [-0.4, -0.2) is 63.2 Å². The highest BCUT2D eigenvalue weighted by molar-refractivity contribution is 6.04. The van der Waals surface area contributed by atoms with Gasteiger partial charge in [0.15, 0.2) is 23.1 Å². The highest BCUT2D eigenvalue weighted by Crippen LogP contribution is 2.35. The van der Waals surface area contributed by atoms with Crippen LogP contribution in [0.15, 0.2) is 22.7 Å². The van der Waals surface area contributed by atoms with E-state index in [0.29, 0.717) is 30.9 Å². The summed E-state index contributed by atoms with van der Waals surface area (Å²) in [5, 5.41) is 6.64. The molecule has 1 saturated heterocycles. The number of carbonyl (C=O) groups is 2. The number of carbonyl (C=O) groups excluding carboxylic acids is 2. The Kier molecular flexibility index (Phi) is 5.53. The molecule has 1 aliphatic rings. The maximum absolute atomic E-state index is 13.8. The van der Waals surface area contributed by atoms with Gasteiger partial charge in [0.2, 0.25) is 5.91 Å². The van der Waals surface area contributed by atoms with Crippen molar-refractivity contribution in [2.45, 2.75) is 6.42 Å². The first-order valence-corrected chi connectivity index (χ1v) is 8.89. The lowest BCUT2D eigenvalue weighted by Gasteiger charge is -2.18. The van der Waals surface area contributed by atoms with E-state index in [9.17, 15) is 14.0 Å².